The third kappa shape index (κ3) is 12.5. The summed E-state index contributed by atoms with van der Waals surface area (Å²) in [6.07, 6.45) is -11.6. The number of hydrogen-bond acceptors (Lipinski definition) is 21. The summed E-state index contributed by atoms with van der Waals surface area (Å²) in [4.78, 5) is 2.93. The number of methoxy groups -OCH3 is 12. The Labute approximate surface area is 375 Å². The number of aliphatic hydroxyl groups excluding tert-OH is 1. The van der Waals surface area contributed by atoms with Gasteiger partial charge in [-0.15, -0.1) is 0 Å². The third-order valence-corrected chi connectivity index (χ3v) is 14.0. The molecule has 0 aromatic rings. The standard InChI is InChI=1S/C40H74N4O18S/c1-20-25(43-26-31(51-7)27(49-5)21(16-45)22(17-46-2)37(26)63-15-14-42-44-41)30(50-6)34(54-10)39(58-20)61-29-24(19-48-4)60-40(36(56-12)33(29)53-9)62-28-23(18-47-3)59-38(57-13)35(55-11)32(28)52-8/h20-40,43,45H,14-19H2,1-13H3/t20?,21-,22?,23?,24?,25-,26-,27-,28-,29-,30-,31?,32-,33-,34?,35?,36?,37?,38?,39-,40-/m0/s1. The molecule has 4 fully saturated rings. The zero-order valence-electron chi connectivity index (χ0n) is 39.0. The van der Waals surface area contributed by atoms with Crippen molar-refractivity contribution in [2.24, 2.45) is 17.0 Å². The van der Waals surface area contributed by atoms with Gasteiger partial charge in [0.25, 0.3) is 0 Å². The smallest absolute Gasteiger partial charge is 0.187 e. The molecular weight excluding hydrogens is 857 g/mol. The zero-order valence-corrected chi connectivity index (χ0v) is 39.8. The van der Waals surface area contributed by atoms with Crippen LogP contribution in [-0.2, 0) is 80.5 Å². The van der Waals surface area contributed by atoms with Crippen LogP contribution in [-0.4, -0.2) is 245 Å². The number of thioether (sulfide) groups is 1. The van der Waals surface area contributed by atoms with E-state index in [9.17, 15) is 5.11 Å². The second-order valence-electron chi connectivity index (χ2n) is 15.7. The summed E-state index contributed by atoms with van der Waals surface area (Å²) in [7, 11) is 18.9. The molecule has 0 aromatic heterocycles. The summed E-state index contributed by atoms with van der Waals surface area (Å²) in [5.74, 6) is 0.0511. The van der Waals surface area contributed by atoms with Gasteiger partial charge in [-0.05, 0) is 18.2 Å². The monoisotopic (exact) mass is 930 g/mol. The van der Waals surface area contributed by atoms with Crippen molar-refractivity contribution in [3.05, 3.63) is 10.4 Å². The molecule has 2 N–H and O–H groups in total. The van der Waals surface area contributed by atoms with Gasteiger partial charge in [-0.1, -0.05) is 5.11 Å². The minimum atomic E-state index is -1.03. The van der Waals surface area contributed by atoms with E-state index >= 15 is 0 Å². The van der Waals surface area contributed by atoms with E-state index in [-0.39, 0.29) is 49.5 Å². The van der Waals surface area contributed by atoms with Gasteiger partial charge in [0.15, 0.2) is 18.9 Å². The van der Waals surface area contributed by atoms with Crippen LogP contribution in [0.4, 0.5) is 0 Å². The molecule has 3 heterocycles. The Morgan fingerprint density at radius 3 is 1.46 bits per heavy atom. The first-order valence-electron chi connectivity index (χ1n) is 21.1. The molecule has 3 saturated heterocycles. The largest absolute Gasteiger partial charge is 0.396 e. The van der Waals surface area contributed by atoms with Crippen molar-refractivity contribution in [1.82, 2.24) is 5.32 Å². The van der Waals surface area contributed by atoms with Gasteiger partial charge in [-0.2, -0.15) is 11.8 Å². The molecule has 1 saturated carbocycles. The van der Waals surface area contributed by atoms with Gasteiger partial charge in [0, 0.05) is 127 Å². The number of ether oxygens (including phenoxy) is 17. The van der Waals surface area contributed by atoms with Crippen LogP contribution >= 0.6 is 11.8 Å². The Kier molecular flexibility index (Phi) is 23.9. The number of hydrogen-bond donors (Lipinski definition) is 2. The molecule has 0 amide bonds. The van der Waals surface area contributed by atoms with Gasteiger partial charge in [-0.25, -0.2) is 0 Å². The highest BCUT2D eigenvalue weighted by molar-refractivity contribution is 8.00. The van der Waals surface area contributed by atoms with E-state index in [2.05, 4.69) is 15.3 Å². The summed E-state index contributed by atoms with van der Waals surface area (Å²) < 4.78 is 104. The van der Waals surface area contributed by atoms with Gasteiger partial charge >= 0.3 is 0 Å². The number of nitrogens with one attached hydrogen (secondary N) is 1. The molecule has 63 heavy (non-hydrogen) atoms. The molecule has 368 valence electrons. The topological polar surface area (TPSA) is 238 Å². The van der Waals surface area contributed by atoms with E-state index in [4.69, 9.17) is 86.1 Å². The molecule has 10 unspecified atom stereocenters. The molecule has 22 nitrogen and oxygen atoms in total. The van der Waals surface area contributed by atoms with Gasteiger partial charge < -0.3 is 90.9 Å². The molecular formula is C40H74N4O18S. The van der Waals surface area contributed by atoms with E-state index in [0.717, 1.165) is 0 Å². The Bertz CT molecular complexity index is 1330. The van der Waals surface area contributed by atoms with Gasteiger partial charge in [-0.3, -0.25) is 0 Å². The molecule has 3 aliphatic heterocycles. The van der Waals surface area contributed by atoms with Crippen molar-refractivity contribution in [2.75, 3.05) is 124 Å². The maximum absolute atomic E-state index is 10.7. The number of aliphatic hydroxyl groups is 1. The maximum Gasteiger partial charge on any atom is 0.187 e. The van der Waals surface area contributed by atoms with Crippen molar-refractivity contribution < 1.29 is 85.6 Å². The molecule has 23 heteroatoms. The Hall–Kier alpha value is -1.10. The van der Waals surface area contributed by atoms with Crippen LogP contribution in [0.15, 0.2) is 5.11 Å². The second-order valence-corrected chi connectivity index (χ2v) is 17.0. The van der Waals surface area contributed by atoms with Crippen LogP contribution < -0.4 is 5.32 Å². The predicted molar refractivity (Wildman–Crippen MR) is 225 cm³/mol. The predicted octanol–water partition coefficient (Wildman–Crippen LogP) is 0.634. The lowest BCUT2D eigenvalue weighted by atomic mass is 9.72. The van der Waals surface area contributed by atoms with Crippen LogP contribution in [0.2, 0.25) is 0 Å². The van der Waals surface area contributed by atoms with Crippen molar-refractivity contribution in [3.63, 3.8) is 0 Å². The minimum Gasteiger partial charge on any atom is -0.396 e. The highest BCUT2D eigenvalue weighted by atomic mass is 32.2. The van der Waals surface area contributed by atoms with Crippen molar-refractivity contribution >= 4 is 11.8 Å². The average molecular weight is 931 g/mol. The summed E-state index contributed by atoms with van der Waals surface area (Å²) in [6, 6.07) is -0.859. The Balaban J connectivity index is 1.64. The van der Waals surface area contributed by atoms with E-state index in [1.165, 1.54) is 14.2 Å². The molecule has 21 atom stereocenters. The average Bonchev–Trinajstić information content (AvgIpc) is 3.29. The Morgan fingerprint density at radius 1 is 0.540 bits per heavy atom. The molecule has 4 aliphatic rings. The molecule has 0 bridgehead atoms. The van der Waals surface area contributed by atoms with Crippen LogP contribution in [0.5, 0.6) is 0 Å². The lowest BCUT2D eigenvalue weighted by molar-refractivity contribution is -0.381. The maximum atomic E-state index is 10.7. The summed E-state index contributed by atoms with van der Waals surface area (Å²) in [5, 5.41) is 18.1. The lowest BCUT2D eigenvalue weighted by Gasteiger charge is -2.53. The number of azide groups is 1. The molecule has 1 aliphatic carbocycles. The first-order valence-corrected chi connectivity index (χ1v) is 22.1. The van der Waals surface area contributed by atoms with E-state index in [1.54, 1.807) is 82.9 Å². The Morgan fingerprint density at radius 2 is 1.00 bits per heavy atom. The van der Waals surface area contributed by atoms with Gasteiger partial charge in [0.05, 0.1) is 44.2 Å². The van der Waals surface area contributed by atoms with Crippen LogP contribution in [0.3, 0.4) is 0 Å². The van der Waals surface area contributed by atoms with Crippen LogP contribution in [0.1, 0.15) is 6.92 Å². The van der Waals surface area contributed by atoms with Crippen molar-refractivity contribution in [2.45, 2.75) is 122 Å². The van der Waals surface area contributed by atoms with E-state index < -0.39 is 104 Å². The van der Waals surface area contributed by atoms with Gasteiger partial charge in [0.1, 0.15) is 61.0 Å². The minimum absolute atomic E-state index is 0.0818. The second kappa shape index (κ2) is 27.6. The molecule has 0 radical (unpaired) electrons. The number of rotatable bonds is 26. The van der Waals surface area contributed by atoms with Gasteiger partial charge in [0.2, 0.25) is 0 Å². The number of nitrogens with zero attached hydrogens (tertiary/aromatic N) is 3. The van der Waals surface area contributed by atoms with Crippen LogP contribution in [0.25, 0.3) is 10.4 Å². The van der Waals surface area contributed by atoms with Crippen molar-refractivity contribution in [3.8, 4) is 0 Å². The first-order chi connectivity index (χ1) is 30.6. The fraction of sp³-hybridized carbons (Fsp3) is 1.00. The lowest BCUT2D eigenvalue weighted by Crippen LogP contribution is -2.72. The normalized spacial score (nSPS) is 42.2. The third-order valence-electron chi connectivity index (χ3n) is 12.6. The summed E-state index contributed by atoms with van der Waals surface area (Å²) in [6.45, 7) is 2.65. The first kappa shape index (κ1) is 54.5. The van der Waals surface area contributed by atoms with Crippen LogP contribution in [0, 0.1) is 11.8 Å². The van der Waals surface area contributed by atoms with E-state index in [0.29, 0.717) is 12.4 Å². The fourth-order valence-corrected chi connectivity index (χ4v) is 11.2. The quantitative estimate of drug-likeness (QED) is 0.0524. The summed E-state index contributed by atoms with van der Waals surface area (Å²) >= 11 is 1.61. The molecule has 4 rings (SSSR count). The zero-order chi connectivity index (χ0) is 46.2. The highest BCUT2D eigenvalue weighted by Gasteiger charge is 2.57. The van der Waals surface area contributed by atoms with Crippen molar-refractivity contribution in [1.29, 1.82) is 0 Å². The molecule has 0 spiro atoms. The SMILES string of the molecule is COCC1C(SCCN=[N+]=[N-])[C@@H](N[C@H]2C(C)O[C@@H](O[C@H]3C(COC)O[C@@H](O[C@H]4C(COC)OC(OC)C(OC)[C@H]4OC)C(OC)[C@H]3OC)C(OC)[C@H]2OC)C(OC)[C@@H](OC)[C@H]1CO. The highest BCUT2D eigenvalue weighted by Crippen LogP contribution is 2.42. The summed E-state index contributed by atoms with van der Waals surface area (Å²) in [5.41, 5.74) is 8.98. The molecule has 0 aromatic carbocycles. The fourth-order valence-electron chi connectivity index (χ4n) is 9.73. The van der Waals surface area contributed by atoms with E-state index in [1.807, 2.05) is 6.92 Å².